The van der Waals surface area contributed by atoms with Crippen molar-refractivity contribution in [1.29, 1.82) is 0 Å². The first-order chi connectivity index (χ1) is 22.8. The summed E-state index contributed by atoms with van der Waals surface area (Å²) >= 11 is 0. The highest BCUT2D eigenvalue weighted by Crippen LogP contribution is 2.32. The van der Waals surface area contributed by atoms with Crippen LogP contribution in [0.1, 0.15) is 34.4 Å². The molecule has 1 atom stereocenters. The Morgan fingerprint density at radius 2 is 1.15 bits per heavy atom. The number of hydrogen-bond acceptors (Lipinski definition) is 9. The van der Waals surface area contributed by atoms with Gasteiger partial charge in [0.1, 0.15) is 24.9 Å². The highest BCUT2D eigenvalue weighted by Gasteiger charge is 2.27. The zero-order chi connectivity index (χ0) is 32.5. The molecule has 0 saturated heterocycles. The third kappa shape index (κ3) is 5.71. The molecule has 4 heterocycles. The van der Waals surface area contributed by atoms with Gasteiger partial charge in [0.05, 0.1) is 50.1 Å². The summed E-state index contributed by atoms with van der Waals surface area (Å²) in [6.45, 7) is 5.05. The molecule has 4 aromatic carbocycles. The highest BCUT2D eigenvalue weighted by molar-refractivity contribution is 7.91. The standard InChI is InChI=1S/C17H15N3O3S.C17H15N3O2S/c1-12-18-19-17-11-23-10-14-15(20(12)17)8-5-9-16(14)24(21,22)13-6-3-2-4-7-13;1-12-18-19-17-11-22-10-14-15(20(12)17)8-5-9-16(14)23(21)13-6-3-2-4-7-13/h2-9H,10-11H2,1H3;2-9H,10-11H2,1H3. The summed E-state index contributed by atoms with van der Waals surface area (Å²) in [7, 11) is -4.88. The van der Waals surface area contributed by atoms with Crippen LogP contribution in [0.2, 0.25) is 0 Å². The van der Waals surface area contributed by atoms with Gasteiger partial charge in [0.2, 0.25) is 9.84 Å². The van der Waals surface area contributed by atoms with Crippen molar-refractivity contribution < 1.29 is 22.1 Å². The molecule has 0 saturated carbocycles. The maximum Gasteiger partial charge on any atom is 0.207 e. The zero-order valence-electron chi connectivity index (χ0n) is 25.6. The minimum Gasteiger partial charge on any atom is -0.369 e. The van der Waals surface area contributed by atoms with Crippen LogP contribution in [-0.2, 0) is 56.5 Å². The van der Waals surface area contributed by atoms with Crippen LogP contribution in [0.25, 0.3) is 11.4 Å². The number of nitrogens with zero attached hydrogens (tertiary/aromatic N) is 6. The molecule has 6 aromatic rings. The molecule has 0 radical (unpaired) electrons. The molecule has 0 N–H and O–H groups in total. The Morgan fingerprint density at radius 3 is 1.77 bits per heavy atom. The second-order valence-corrected chi connectivity index (χ2v) is 14.3. The third-order valence-corrected chi connectivity index (χ3v) is 11.3. The number of aromatic nitrogens is 6. The lowest BCUT2D eigenvalue weighted by Crippen LogP contribution is -2.09. The lowest BCUT2D eigenvalue weighted by Gasteiger charge is -2.14. The Labute approximate surface area is 274 Å². The van der Waals surface area contributed by atoms with E-state index in [-0.39, 0.29) is 16.4 Å². The number of fused-ring (bicyclic) bond motifs is 6. The van der Waals surface area contributed by atoms with Crippen LogP contribution in [0, 0.1) is 13.8 Å². The number of sulfone groups is 1. The van der Waals surface area contributed by atoms with Gasteiger partial charge < -0.3 is 9.47 Å². The number of hydrogen-bond donors (Lipinski definition) is 0. The van der Waals surface area contributed by atoms with Gasteiger partial charge in [-0.2, -0.15) is 0 Å². The van der Waals surface area contributed by atoms with Crippen LogP contribution in [0.4, 0.5) is 0 Å². The van der Waals surface area contributed by atoms with Crippen molar-refractivity contribution >= 4 is 20.6 Å². The first-order valence-electron chi connectivity index (χ1n) is 14.8. The van der Waals surface area contributed by atoms with Crippen LogP contribution in [0.3, 0.4) is 0 Å². The van der Waals surface area contributed by atoms with Gasteiger partial charge in [-0.25, -0.2) is 12.6 Å². The smallest absolute Gasteiger partial charge is 0.207 e. The Balaban J connectivity index is 0.000000150. The molecule has 47 heavy (non-hydrogen) atoms. The molecule has 11 nitrogen and oxygen atoms in total. The van der Waals surface area contributed by atoms with E-state index in [1.54, 1.807) is 42.5 Å². The molecule has 0 aliphatic carbocycles. The van der Waals surface area contributed by atoms with E-state index < -0.39 is 20.6 Å². The maximum atomic E-state index is 13.1. The Morgan fingerprint density at radius 1 is 0.617 bits per heavy atom. The summed E-state index contributed by atoms with van der Waals surface area (Å²) in [6.07, 6.45) is 0. The van der Waals surface area contributed by atoms with E-state index in [9.17, 15) is 12.6 Å². The van der Waals surface area contributed by atoms with Gasteiger partial charge in [-0.3, -0.25) is 9.13 Å². The molecule has 0 spiro atoms. The summed E-state index contributed by atoms with van der Waals surface area (Å²) in [5, 5.41) is 16.5. The molecule has 2 aliphatic rings. The molecule has 1 unspecified atom stereocenters. The topological polar surface area (TPSA) is 131 Å². The van der Waals surface area contributed by atoms with Crippen LogP contribution in [0.5, 0.6) is 0 Å². The quantitative estimate of drug-likeness (QED) is 0.249. The van der Waals surface area contributed by atoms with E-state index in [2.05, 4.69) is 20.4 Å². The Hall–Kier alpha value is -4.82. The lowest BCUT2D eigenvalue weighted by molar-refractivity contribution is 0.103. The number of benzene rings is 4. The average molecular weight is 667 g/mol. The summed E-state index contributed by atoms with van der Waals surface area (Å²) in [5.41, 5.74) is 3.25. The summed E-state index contributed by atoms with van der Waals surface area (Å²) in [5.74, 6) is 2.94. The van der Waals surface area contributed by atoms with Crippen molar-refractivity contribution in [2.24, 2.45) is 0 Å². The predicted octanol–water partition coefficient (Wildman–Crippen LogP) is 5.21. The fraction of sp³-hybridized carbons (Fsp3) is 0.176. The van der Waals surface area contributed by atoms with Crippen LogP contribution in [0.15, 0.2) is 117 Å². The highest BCUT2D eigenvalue weighted by atomic mass is 32.2. The average Bonchev–Trinajstić information content (AvgIpc) is 3.50. The van der Waals surface area contributed by atoms with Crippen LogP contribution < -0.4 is 0 Å². The fourth-order valence-corrected chi connectivity index (χ4v) is 8.52. The second-order valence-electron chi connectivity index (χ2n) is 10.9. The van der Waals surface area contributed by atoms with E-state index in [1.165, 1.54) is 0 Å². The maximum absolute atomic E-state index is 13.1. The van der Waals surface area contributed by atoms with Gasteiger partial charge in [-0.05, 0) is 62.4 Å². The largest absolute Gasteiger partial charge is 0.369 e. The van der Waals surface area contributed by atoms with E-state index in [1.807, 2.05) is 77.6 Å². The molecule has 8 rings (SSSR count). The molecule has 13 heteroatoms. The molecule has 238 valence electrons. The van der Waals surface area contributed by atoms with Crippen molar-refractivity contribution in [3.05, 3.63) is 131 Å². The van der Waals surface area contributed by atoms with Gasteiger partial charge in [0.15, 0.2) is 11.6 Å². The first kappa shape index (κ1) is 30.8. The van der Waals surface area contributed by atoms with Crippen LogP contribution >= 0.6 is 0 Å². The third-order valence-electron chi connectivity index (χ3n) is 7.94. The molecule has 0 amide bonds. The van der Waals surface area contributed by atoms with Gasteiger partial charge in [0.25, 0.3) is 0 Å². The van der Waals surface area contributed by atoms with Crippen molar-refractivity contribution in [2.45, 2.75) is 59.9 Å². The fourth-order valence-electron chi connectivity index (χ4n) is 5.76. The zero-order valence-corrected chi connectivity index (χ0v) is 27.2. The molecule has 0 fully saturated rings. The van der Waals surface area contributed by atoms with Crippen molar-refractivity contribution in [1.82, 2.24) is 29.5 Å². The van der Waals surface area contributed by atoms with Gasteiger partial charge >= 0.3 is 0 Å². The van der Waals surface area contributed by atoms with Gasteiger partial charge in [-0.1, -0.05) is 48.5 Å². The van der Waals surface area contributed by atoms with Crippen molar-refractivity contribution in [3.63, 3.8) is 0 Å². The number of rotatable bonds is 4. The normalized spacial score (nSPS) is 14.3. The molecular weight excluding hydrogens is 637 g/mol. The first-order valence-corrected chi connectivity index (χ1v) is 17.5. The molecule has 2 aliphatic heterocycles. The summed E-state index contributed by atoms with van der Waals surface area (Å²) < 4.78 is 54.3. The van der Waals surface area contributed by atoms with E-state index in [4.69, 9.17) is 9.47 Å². The minimum atomic E-state index is -3.63. The number of aryl methyl sites for hydroxylation is 2. The Kier molecular flexibility index (Phi) is 8.37. The van der Waals surface area contributed by atoms with E-state index in [0.717, 1.165) is 38.4 Å². The van der Waals surface area contributed by atoms with Gasteiger partial charge in [0, 0.05) is 16.0 Å². The van der Waals surface area contributed by atoms with Gasteiger partial charge in [-0.15, -0.1) is 20.4 Å². The molecule has 0 bridgehead atoms. The monoisotopic (exact) mass is 666 g/mol. The predicted molar refractivity (Wildman–Crippen MR) is 172 cm³/mol. The number of ether oxygens (including phenoxy) is 2. The lowest BCUT2D eigenvalue weighted by atomic mass is 10.2. The summed E-state index contributed by atoms with van der Waals surface area (Å²) in [4.78, 5) is 2.08. The SMILES string of the molecule is Cc1nnc2n1-c1cccc(S(=O)(=O)c3ccccc3)c1COC2.Cc1nnc2n1-c1cccc(S(=O)c3ccccc3)c1COC2. The van der Waals surface area contributed by atoms with E-state index >= 15 is 0 Å². The molecular formula is C34H30N6O5S2. The second kappa shape index (κ2) is 12.8. The minimum absolute atomic E-state index is 0.209. The molecule has 2 aromatic heterocycles. The van der Waals surface area contributed by atoms with Crippen molar-refractivity contribution in [3.8, 4) is 11.4 Å². The summed E-state index contributed by atoms with van der Waals surface area (Å²) in [6, 6.07) is 28.9. The van der Waals surface area contributed by atoms with Crippen LogP contribution in [-0.4, -0.2) is 42.2 Å². The Bertz CT molecular complexity index is 2220. The van der Waals surface area contributed by atoms with E-state index in [0.29, 0.717) is 37.0 Å². The van der Waals surface area contributed by atoms with Crippen molar-refractivity contribution in [2.75, 3.05) is 0 Å².